The highest BCUT2D eigenvalue weighted by molar-refractivity contribution is 5.79. The van der Waals surface area contributed by atoms with Crippen LogP contribution in [-0.2, 0) is 20.7 Å². The van der Waals surface area contributed by atoms with E-state index < -0.39 is 11.7 Å². The summed E-state index contributed by atoms with van der Waals surface area (Å²) < 4.78 is 23.3. The first-order chi connectivity index (χ1) is 8.05. The molecule has 1 aliphatic rings. The molecule has 0 aliphatic carbocycles. The molecule has 0 spiro atoms. The van der Waals surface area contributed by atoms with Gasteiger partial charge in [0.05, 0.1) is 6.61 Å². The Kier molecular flexibility index (Phi) is 3.15. The molecule has 2 rings (SSSR count). The van der Waals surface area contributed by atoms with E-state index in [2.05, 4.69) is 0 Å². The van der Waals surface area contributed by atoms with Gasteiger partial charge in [0.15, 0.2) is 6.10 Å². The van der Waals surface area contributed by atoms with Gasteiger partial charge in [0, 0.05) is 6.42 Å². The molecule has 3 nitrogen and oxygen atoms in total. The van der Waals surface area contributed by atoms with Crippen molar-refractivity contribution in [2.24, 2.45) is 0 Å². The highest BCUT2D eigenvalue weighted by atomic mass is 19.1. The molecule has 1 heterocycles. The third kappa shape index (κ3) is 2.64. The molecule has 2 atom stereocenters. The van der Waals surface area contributed by atoms with Gasteiger partial charge >= 0.3 is 5.97 Å². The van der Waals surface area contributed by atoms with E-state index in [9.17, 15) is 9.18 Å². The Morgan fingerprint density at radius 2 is 2.35 bits per heavy atom. The molecule has 2 unspecified atom stereocenters. The first-order valence-electron chi connectivity index (χ1n) is 5.64. The molecule has 92 valence electrons. The highest BCUT2D eigenvalue weighted by Crippen LogP contribution is 2.40. The lowest BCUT2D eigenvalue weighted by atomic mass is 9.98. The van der Waals surface area contributed by atoms with E-state index in [4.69, 9.17) is 9.47 Å². The Bertz CT molecular complexity index is 432. The minimum Gasteiger partial charge on any atom is -0.464 e. The van der Waals surface area contributed by atoms with Crippen LogP contribution in [0.1, 0.15) is 19.4 Å². The number of ether oxygens (including phenoxy) is 2. The number of carbonyl (C=O) groups is 1. The normalized spacial score (nSPS) is 26.6. The van der Waals surface area contributed by atoms with Crippen molar-refractivity contribution >= 4 is 5.97 Å². The summed E-state index contributed by atoms with van der Waals surface area (Å²) in [6.07, 6.45) is -0.0143. The summed E-state index contributed by atoms with van der Waals surface area (Å²) in [6.45, 7) is 3.93. The fourth-order valence-corrected chi connectivity index (χ4v) is 1.94. The topological polar surface area (TPSA) is 38.8 Å². The van der Waals surface area contributed by atoms with E-state index in [0.717, 1.165) is 5.56 Å². The van der Waals surface area contributed by atoms with Crippen molar-refractivity contribution in [3.8, 4) is 0 Å². The van der Waals surface area contributed by atoms with Gasteiger partial charge in [0.2, 0.25) is 0 Å². The number of carbonyl (C=O) groups excluding carboxylic acids is 1. The molecule has 1 aliphatic heterocycles. The number of esters is 1. The van der Waals surface area contributed by atoms with Gasteiger partial charge in [-0.2, -0.15) is 0 Å². The van der Waals surface area contributed by atoms with E-state index in [1.807, 2.05) is 13.0 Å². The van der Waals surface area contributed by atoms with Gasteiger partial charge in [-0.3, -0.25) is 0 Å². The van der Waals surface area contributed by atoms with Crippen LogP contribution in [0.15, 0.2) is 24.3 Å². The lowest BCUT2D eigenvalue weighted by molar-refractivity contribution is -0.144. The first kappa shape index (κ1) is 12.0. The molecule has 0 radical (unpaired) electrons. The van der Waals surface area contributed by atoms with Gasteiger partial charge in [-0.25, -0.2) is 9.18 Å². The second-order valence-corrected chi connectivity index (χ2v) is 4.37. The molecule has 0 N–H and O–H groups in total. The zero-order valence-corrected chi connectivity index (χ0v) is 9.90. The quantitative estimate of drug-likeness (QED) is 0.595. The highest BCUT2D eigenvalue weighted by Gasteiger charge is 2.57. The maximum absolute atomic E-state index is 13.0. The van der Waals surface area contributed by atoms with Crippen LogP contribution in [0, 0.1) is 5.82 Å². The van der Waals surface area contributed by atoms with E-state index >= 15 is 0 Å². The maximum Gasteiger partial charge on any atom is 0.338 e. The molecule has 1 aromatic rings. The molecule has 1 fully saturated rings. The molecule has 4 heteroatoms. The van der Waals surface area contributed by atoms with Crippen LogP contribution in [0.3, 0.4) is 0 Å². The molecule has 0 saturated carbocycles. The van der Waals surface area contributed by atoms with Crippen molar-refractivity contribution in [1.29, 1.82) is 0 Å². The van der Waals surface area contributed by atoms with Gasteiger partial charge in [0.25, 0.3) is 0 Å². The van der Waals surface area contributed by atoms with Crippen LogP contribution in [0.5, 0.6) is 0 Å². The summed E-state index contributed by atoms with van der Waals surface area (Å²) in [6, 6.07) is 6.31. The molecule has 0 aromatic heterocycles. The van der Waals surface area contributed by atoms with E-state index in [-0.39, 0.29) is 11.8 Å². The Morgan fingerprint density at radius 3 is 3.00 bits per heavy atom. The van der Waals surface area contributed by atoms with Gasteiger partial charge in [0.1, 0.15) is 11.4 Å². The largest absolute Gasteiger partial charge is 0.464 e. The lowest BCUT2D eigenvalue weighted by Gasteiger charge is -2.06. The Balaban J connectivity index is 1.99. The number of rotatable bonds is 4. The summed E-state index contributed by atoms with van der Waals surface area (Å²) in [5.74, 6) is -0.620. The van der Waals surface area contributed by atoms with Crippen molar-refractivity contribution in [2.75, 3.05) is 6.61 Å². The minimum atomic E-state index is -0.556. The zero-order valence-electron chi connectivity index (χ0n) is 9.90. The molecule has 1 saturated heterocycles. The van der Waals surface area contributed by atoms with E-state index in [1.165, 1.54) is 12.1 Å². The Labute approximate surface area is 99.5 Å². The van der Waals surface area contributed by atoms with E-state index in [1.54, 1.807) is 13.0 Å². The summed E-state index contributed by atoms with van der Waals surface area (Å²) in [5.41, 5.74) is 0.263. The van der Waals surface area contributed by atoms with Crippen molar-refractivity contribution < 1.29 is 18.7 Å². The van der Waals surface area contributed by atoms with Gasteiger partial charge in [-0.15, -0.1) is 0 Å². The molecule has 0 bridgehead atoms. The smallest absolute Gasteiger partial charge is 0.338 e. The summed E-state index contributed by atoms with van der Waals surface area (Å²) >= 11 is 0. The van der Waals surface area contributed by atoms with Crippen LogP contribution in [-0.4, -0.2) is 24.3 Å². The second kappa shape index (κ2) is 4.45. The number of benzene rings is 1. The number of epoxide rings is 1. The fourth-order valence-electron chi connectivity index (χ4n) is 1.94. The van der Waals surface area contributed by atoms with Crippen molar-refractivity contribution in [3.63, 3.8) is 0 Å². The molecule has 17 heavy (non-hydrogen) atoms. The second-order valence-electron chi connectivity index (χ2n) is 4.37. The Hall–Kier alpha value is -1.42. The maximum atomic E-state index is 13.0. The predicted octanol–water partition coefficient (Wildman–Crippen LogP) is 2.09. The SMILES string of the molecule is CCOC(=O)C1OC1(C)Cc1cccc(F)c1. The van der Waals surface area contributed by atoms with Crippen LogP contribution < -0.4 is 0 Å². The number of halogens is 1. The van der Waals surface area contributed by atoms with Crippen molar-refractivity contribution in [1.82, 2.24) is 0 Å². The van der Waals surface area contributed by atoms with Gasteiger partial charge in [-0.05, 0) is 31.5 Å². The standard InChI is InChI=1S/C13H15FO3/c1-3-16-12(15)11-13(2,17-11)8-9-5-4-6-10(14)7-9/h4-7,11H,3,8H2,1-2H3. The molecule has 0 amide bonds. The minimum absolute atomic E-state index is 0.278. The van der Waals surface area contributed by atoms with Crippen molar-refractivity contribution in [2.45, 2.75) is 32.0 Å². The Morgan fingerprint density at radius 1 is 1.59 bits per heavy atom. The molecule has 1 aromatic carbocycles. The van der Waals surface area contributed by atoms with Gasteiger partial charge < -0.3 is 9.47 Å². The number of hydrogen-bond acceptors (Lipinski definition) is 3. The summed E-state index contributed by atoms with van der Waals surface area (Å²) in [4.78, 5) is 11.5. The van der Waals surface area contributed by atoms with Crippen LogP contribution >= 0.6 is 0 Å². The third-order valence-corrected chi connectivity index (χ3v) is 2.83. The van der Waals surface area contributed by atoms with Crippen LogP contribution in [0.4, 0.5) is 4.39 Å². The van der Waals surface area contributed by atoms with Crippen LogP contribution in [0.2, 0.25) is 0 Å². The molecular weight excluding hydrogens is 223 g/mol. The fraction of sp³-hybridized carbons (Fsp3) is 0.462. The summed E-state index contributed by atoms with van der Waals surface area (Å²) in [7, 11) is 0. The predicted molar refractivity (Wildman–Crippen MR) is 60.0 cm³/mol. The lowest BCUT2D eigenvalue weighted by Crippen LogP contribution is -2.22. The average molecular weight is 238 g/mol. The first-order valence-corrected chi connectivity index (χ1v) is 5.64. The summed E-state index contributed by atoms with van der Waals surface area (Å²) in [5, 5.41) is 0. The average Bonchev–Trinajstić information content (AvgIpc) is 2.90. The van der Waals surface area contributed by atoms with E-state index in [0.29, 0.717) is 13.0 Å². The molecular formula is C13H15FO3. The third-order valence-electron chi connectivity index (χ3n) is 2.83. The van der Waals surface area contributed by atoms with Crippen molar-refractivity contribution in [3.05, 3.63) is 35.6 Å². The zero-order chi connectivity index (χ0) is 12.5. The number of hydrogen-bond donors (Lipinski definition) is 0. The monoisotopic (exact) mass is 238 g/mol. The van der Waals surface area contributed by atoms with Gasteiger partial charge in [-0.1, -0.05) is 12.1 Å². The van der Waals surface area contributed by atoms with Crippen LogP contribution in [0.25, 0.3) is 0 Å².